The van der Waals surface area contributed by atoms with Crippen molar-refractivity contribution in [3.8, 4) is 0 Å². The van der Waals surface area contributed by atoms with E-state index in [0.717, 1.165) is 51.7 Å². The highest BCUT2D eigenvalue weighted by Gasteiger charge is 2.30. The molecule has 0 bridgehead atoms. The maximum Gasteiger partial charge on any atom is 0.317 e. The summed E-state index contributed by atoms with van der Waals surface area (Å²) in [6.07, 6.45) is 5.62. The van der Waals surface area contributed by atoms with Crippen LogP contribution >= 0.6 is 0 Å². The summed E-state index contributed by atoms with van der Waals surface area (Å²) < 4.78 is 0. The molecule has 3 rings (SSSR count). The minimum atomic E-state index is 0.0436. The molecule has 154 valence electrons. The van der Waals surface area contributed by atoms with Crippen LogP contribution in [-0.4, -0.2) is 54.0 Å². The number of benzene rings is 1. The van der Waals surface area contributed by atoms with Crippen LogP contribution in [0.2, 0.25) is 0 Å². The van der Waals surface area contributed by atoms with Gasteiger partial charge in [-0.15, -0.1) is 0 Å². The number of likely N-dealkylation sites (tertiary alicyclic amines) is 2. The Labute approximate surface area is 169 Å². The van der Waals surface area contributed by atoms with Crippen molar-refractivity contribution in [1.82, 2.24) is 15.1 Å². The molecule has 5 nitrogen and oxygen atoms in total. The van der Waals surface area contributed by atoms with Crippen molar-refractivity contribution in [2.24, 2.45) is 11.8 Å². The first-order valence-corrected chi connectivity index (χ1v) is 10.9. The molecule has 1 aromatic rings. The van der Waals surface area contributed by atoms with Gasteiger partial charge in [0.25, 0.3) is 0 Å². The largest absolute Gasteiger partial charge is 0.340 e. The van der Waals surface area contributed by atoms with Gasteiger partial charge in [-0.05, 0) is 49.5 Å². The first-order valence-electron chi connectivity index (χ1n) is 10.9. The van der Waals surface area contributed by atoms with E-state index in [-0.39, 0.29) is 6.03 Å². The van der Waals surface area contributed by atoms with Gasteiger partial charge in [0.2, 0.25) is 5.91 Å². The second-order valence-corrected chi connectivity index (χ2v) is 8.64. The predicted molar refractivity (Wildman–Crippen MR) is 112 cm³/mol. The number of nitrogens with one attached hydrogen (secondary N) is 1. The van der Waals surface area contributed by atoms with Crippen LogP contribution in [-0.2, 0) is 11.2 Å². The van der Waals surface area contributed by atoms with Crippen LogP contribution in [0.1, 0.15) is 51.5 Å². The molecule has 0 aromatic heterocycles. The molecule has 3 amide bonds. The van der Waals surface area contributed by atoms with E-state index in [4.69, 9.17) is 0 Å². The molecule has 2 heterocycles. The molecule has 28 heavy (non-hydrogen) atoms. The molecule has 5 heteroatoms. The van der Waals surface area contributed by atoms with Crippen molar-refractivity contribution in [2.45, 2.75) is 58.4 Å². The first-order chi connectivity index (χ1) is 13.5. The molecule has 2 fully saturated rings. The predicted octanol–water partition coefficient (Wildman–Crippen LogP) is 3.69. The summed E-state index contributed by atoms with van der Waals surface area (Å²) in [6.45, 7) is 7.53. The van der Waals surface area contributed by atoms with E-state index >= 15 is 0 Å². The molecular weight excluding hydrogens is 350 g/mol. The number of hydrogen-bond donors (Lipinski definition) is 1. The van der Waals surface area contributed by atoms with Gasteiger partial charge in [0.1, 0.15) is 0 Å². The smallest absolute Gasteiger partial charge is 0.317 e. The molecular formula is C23H35N3O2. The lowest BCUT2D eigenvalue weighted by Crippen LogP contribution is -2.52. The Bertz CT molecular complexity index is 639. The summed E-state index contributed by atoms with van der Waals surface area (Å²) in [6, 6.07) is 10.9. The molecule has 2 aliphatic rings. The van der Waals surface area contributed by atoms with Crippen molar-refractivity contribution in [3.05, 3.63) is 35.9 Å². The van der Waals surface area contributed by atoms with Gasteiger partial charge in [0.05, 0.1) is 0 Å². The Balaban J connectivity index is 1.45. The van der Waals surface area contributed by atoms with Crippen molar-refractivity contribution >= 4 is 11.9 Å². The minimum Gasteiger partial charge on any atom is -0.340 e. The second-order valence-electron chi connectivity index (χ2n) is 8.64. The Morgan fingerprint density at radius 2 is 1.82 bits per heavy atom. The van der Waals surface area contributed by atoms with Crippen LogP contribution in [0.15, 0.2) is 30.3 Å². The average molecular weight is 386 g/mol. The number of hydrogen-bond acceptors (Lipinski definition) is 2. The normalized spacial score (nSPS) is 19.8. The zero-order valence-electron chi connectivity index (χ0n) is 17.4. The average Bonchev–Trinajstić information content (AvgIpc) is 2.72. The van der Waals surface area contributed by atoms with Crippen LogP contribution in [0.4, 0.5) is 4.79 Å². The third-order valence-electron chi connectivity index (χ3n) is 6.35. The molecule has 2 aliphatic heterocycles. The molecule has 0 aliphatic carbocycles. The van der Waals surface area contributed by atoms with Crippen LogP contribution in [0.25, 0.3) is 0 Å². The van der Waals surface area contributed by atoms with Gasteiger partial charge in [-0.3, -0.25) is 4.79 Å². The summed E-state index contributed by atoms with van der Waals surface area (Å²) in [5.41, 5.74) is 1.32. The summed E-state index contributed by atoms with van der Waals surface area (Å²) in [4.78, 5) is 28.8. The zero-order valence-corrected chi connectivity index (χ0v) is 17.4. The molecule has 2 saturated heterocycles. The van der Waals surface area contributed by atoms with E-state index in [0.29, 0.717) is 36.8 Å². The number of piperidine rings is 2. The maximum atomic E-state index is 12.7. The lowest BCUT2D eigenvalue weighted by atomic mass is 9.89. The van der Waals surface area contributed by atoms with Crippen LogP contribution in [0, 0.1) is 11.8 Å². The van der Waals surface area contributed by atoms with Gasteiger partial charge in [0, 0.05) is 38.6 Å². The molecule has 1 atom stereocenters. The van der Waals surface area contributed by atoms with Gasteiger partial charge >= 0.3 is 6.03 Å². The number of rotatable bonds is 6. The molecule has 1 N–H and O–H groups in total. The Morgan fingerprint density at radius 3 is 2.46 bits per heavy atom. The van der Waals surface area contributed by atoms with Gasteiger partial charge in [-0.1, -0.05) is 44.2 Å². The highest BCUT2D eigenvalue weighted by molar-refractivity contribution is 5.77. The fourth-order valence-corrected chi connectivity index (χ4v) is 4.38. The number of urea groups is 1. The number of carbonyl (C=O) groups excluding carboxylic acids is 2. The van der Waals surface area contributed by atoms with Crippen LogP contribution < -0.4 is 5.32 Å². The quantitative estimate of drug-likeness (QED) is 0.812. The summed E-state index contributed by atoms with van der Waals surface area (Å²) in [5, 5.41) is 3.16. The van der Waals surface area contributed by atoms with Crippen molar-refractivity contribution in [1.29, 1.82) is 0 Å². The molecule has 1 unspecified atom stereocenters. The van der Waals surface area contributed by atoms with E-state index in [1.54, 1.807) is 0 Å². The zero-order chi connectivity index (χ0) is 19.9. The van der Waals surface area contributed by atoms with Crippen molar-refractivity contribution in [3.63, 3.8) is 0 Å². The van der Waals surface area contributed by atoms with Crippen LogP contribution in [0.5, 0.6) is 0 Å². The third-order valence-corrected chi connectivity index (χ3v) is 6.35. The van der Waals surface area contributed by atoms with E-state index in [1.165, 1.54) is 5.56 Å². The Morgan fingerprint density at radius 1 is 1.11 bits per heavy atom. The number of amides is 3. The van der Waals surface area contributed by atoms with E-state index in [2.05, 4.69) is 48.3 Å². The van der Waals surface area contributed by atoms with Gasteiger partial charge in [-0.25, -0.2) is 4.79 Å². The molecule has 0 saturated carbocycles. The first kappa shape index (κ1) is 20.7. The molecule has 0 spiro atoms. The molecule has 1 aromatic carbocycles. The second kappa shape index (κ2) is 9.94. The lowest BCUT2D eigenvalue weighted by Gasteiger charge is -2.40. The van der Waals surface area contributed by atoms with Gasteiger partial charge in [0.15, 0.2) is 0 Å². The number of carbonyl (C=O) groups is 2. The van der Waals surface area contributed by atoms with Crippen molar-refractivity contribution < 1.29 is 9.59 Å². The third kappa shape index (κ3) is 5.49. The summed E-state index contributed by atoms with van der Waals surface area (Å²) >= 11 is 0. The van der Waals surface area contributed by atoms with E-state index in [1.807, 2.05) is 11.0 Å². The summed E-state index contributed by atoms with van der Waals surface area (Å²) in [7, 11) is 0. The van der Waals surface area contributed by atoms with E-state index in [9.17, 15) is 9.59 Å². The topological polar surface area (TPSA) is 52.7 Å². The van der Waals surface area contributed by atoms with Crippen molar-refractivity contribution in [2.75, 3.05) is 26.2 Å². The fourth-order valence-electron chi connectivity index (χ4n) is 4.38. The SMILES string of the molecule is CC(C)C(CNC(=O)N1CCC(N2CCCCC2=O)CC1)Cc1ccccc1. The lowest BCUT2D eigenvalue weighted by molar-refractivity contribution is -0.136. The highest BCUT2D eigenvalue weighted by atomic mass is 16.2. The molecule has 0 radical (unpaired) electrons. The Hall–Kier alpha value is -2.04. The van der Waals surface area contributed by atoms with E-state index < -0.39 is 0 Å². The van der Waals surface area contributed by atoms with Crippen LogP contribution in [0.3, 0.4) is 0 Å². The number of nitrogens with zero attached hydrogens (tertiary/aromatic N) is 2. The maximum absolute atomic E-state index is 12.7. The van der Waals surface area contributed by atoms with Gasteiger partial charge in [-0.2, -0.15) is 0 Å². The highest BCUT2D eigenvalue weighted by Crippen LogP contribution is 2.22. The fraction of sp³-hybridized carbons (Fsp3) is 0.652. The standard InChI is InChI=1S/C23H35N3O2/c1-18(2)20(16-19-8-4-3-5-9-19)17-24-23(28)25-14-11-21(12-15-25)26-13-7-6-10-22(26)27/h3-5,8-9,18,20-21H,6-7,10-17H2,1-2H3,(H,24,28). The monoisotopic (exact) mass is 385 g/mol. The Kier molecular flexibility index (Phi) is 7.35. The minimum absolute atomic E-state index is 0.0436. The van der Waals surface area contributed by atoms with Gasteiger partial charge < -0.3 is 15.1 Å². The summed E-state index contributed by atoms with van der Waals surface area (Å²) in [5.74, 6) is 1.24.